The molecule has 1 amide bonds. The summed E-state index contributed by atoms with van der Waals surface area (Å²) in [7, 11) is 0. The maximum atomic E-state index is 11.9. The van der Waals surface area contributed by atoms with E-state index in [9.17, 15) is 14.7 Å². The van der Waals surface area contributed by atoms with Crippen LogP contribution in [0, 0.1) is 0 Å². The van der Waals surface area contributed by atoms with E-state index in [1.54, 1.807) is 0 Å². The number of fused-ring (bicyclic) bond motifs is 1. The Hall–Kier alpha value is -2.22. The number of aromatic hydroxyl groups is 1. The molecule has 7 nitrogen and oxygen atoms in total. The van der Waals surface area contributed by atoms with E-state index in [0.29, 0.717) is 10.1 Å². The minimum absolute atomic E-state index is 0.0984. The van der Waals surface area contributed by atoms with Gasteiger partial charge in [0.15, 0.2) is 0 Å². The van der Waals surface area contributed by atoms with Crippen LogP contribution in [0.25, 0.3) is 11.0 Å². The van der Waals surface area contributed by atoms with Gasteiger partial charge in [-0.05, 0) is 28.1 Å². The van der Waals surface area contributed by atoms with Gasteiger partial charge in [0, 0.05) is 0 Å². The number of carbonyl (C=O) groups is 2. The number of aliphatic carboxylic acids is 1. The Morgan fingerprint density at radius 1 is 1.37 bits per heavy atom. The normalized spacial score (nSPS) is 10.4. The van der Waals surface area contributed by atoms with Gasteiger partial charge >= 0.3 is 5.97 Å². The second-order valence-electron chi connectivity index (χ2n) is 3.60. The van der Waals surface area contributed by atoms with E-state index < -0.39 is 18.4 Å². The lowest BCUT2D eigenvalue weighted by Crippen LogP contribution is -2.29. The van der Waals surface area contributed by atoms with Gasteiger partial charge in [-0.1, -0.05) is 0 Å². The van der Waals surface area contributed by atoms with Crippen LogP contribution < -0.4 is 5.32 Å². The van der Waals surface area contributed by atoms with Gasteiger partial charge in [-0.2, -0.15) is 0 Å². The van der Waals surface area contributed by atoms with Crippen molar-refractivity contribution in [3.8, 4) is 5.75 Å². The van der Waals surface area contributed by atoms with E-state index in [0.717, 1.165) is 0 Å². The zero-order chi connectivity index (χ0) is 14.0. The molecule has 0 saturated heterocycles. The first-order chi connectivity index (χ1) is 8.99. The number of carboxylic acids is 1. The Morgan fingerprint density at radius 3 is 2.79 bits per heavy atom. The predicted octanol–water partition coefficient (Wildman–Crippen LogP) is 0.912. The number of phenols is 1. The van der Waals surface area contributed by atoms with Crippen molar-refractivity contribution in [2.45, 2.75) is 0 Å². The third-order valence-electron chi connectivity index (χ3n) is 2.29. The number of rotatable bonds is 3. The van der Waals surface area contributed by atoms with Gasteiger partial charge < -0.3 is 15.5 Å². The fraction of sp³-hybridized carbons (Fsp3) is 0.0909. The third-order valence-corrected chi connectivity index (χ3v) is 2.67. The molecular weight excluding hydrogens is 318 g/mol. The van der Waals surface area contributed by atoms with Crippen molar-refractivity contribution < 1.29 is 19.8 Å². The van der Waals surface area contributed by atoms with Gasteiger partial charge in [-0.25, -0.2) is 4.98 Å². The number of nitrogens with one attached hydrogen (secondary N) is 1. The summed E-state index contributed by atoms with van der Waals surface area (Å²) in [5.41, 5.74) is 0.512. The van der Waals surface area contributed by atoms with Crippen molar-refractivity contribution in [3.63, 3.8) is 0 Å². The molecule has 0 unspecified atom stereocenters. The van der Waals surface area contributed by atoms with E-state index in [1.165, 1.54) is 18.3 Å². The lowest BCUT2D eigenvalue weighted by atomic mass is 10.1. The first kappa shape index (κ1) is 13.2. The topological polar surface area (TPSA) is 112 Å². The van der Waals surface area contributed by atoms with Crippen molar-refractivity contribution in [3.05, 3.63) is 28.5 Å². The average molecular weight is 326 g/mol. The van der Waals surface area contributed by atoms with Crippen LogP contribution in [-0.4, -0.2) is 38.6 Å². The van der Waals surface area contributed by atoms with Crippen molar-refractivity contribution in [1.82, 2.24) is 15.3 Å². The van der Waals surface area contributed by atoms with Gasteiger partial charge in [-0.3, -0.25) is 14.6 Å². The Bertz CT molecular complexity index is 674. The van der Waals surface area contributed by atoms with Gasteiger partial charge in [0.1, 0.15) is 28.0 Å². The van der Waals surface area contributed by atoms with E-state index in [2.05, 4.69) is 31.2 Å². The minimum Gasteiger partial charge on any atom is -0.507 e. The number of hydrogen-bond acceptors (Lipinski definition) is 5. The molecule has 0 radical (unpaired) electrons. The monoisotopic (exact) mass is 325 g/mol. The lowest BCUT2D eigenvalue weighted by molar-refractivity contribution is -0.135. The molecule has 0 saturated carbocycles. The van der Waals surface area contributed by atoms with Gasteiger partial charge in [0.2, 0.25) is 0 Å². The van der Waals surface area contributed by atoms with Gasteiger partial charge in [0.25, 0.3) is 5.91 Å². The molecule has 0 aliphatic rings. The number of benzene rings is 1. The number of amides is 1. The van der Waals surface area contributed by atoms with Crippen molar-refractivity contribution in [2.24, 2.45) is 0 Å². The Kier molecular flexibility index (Phi) is 3.61. The lowest BCUT2D eigenvalue weighted by Gasteiger charge is -2.07. The van der Waals surface area contributed by atoms with Crippen molar-refractivity contribution in [2.75, 3.05) is 6.54 Å². The molecule has 0 aliphatic heterocycles. The summed E-state index contributed by atoms with van der Waals surface area (Å²) in [6, 6.07) is 2.82. The maximum absolute atomic E-state index is 11.9. The molecule has 19 heavy (non-hydrogen) atoms. The molecule has 1 aromatic heterocycles. The number of aromatic nitrogens is 2. The molecule has 3 N–H and O–H groups in total. The van der Waals surface area contributed by atoms with E-state index in [1.807, 2.05) is 0 Å². The van der Waals surface area contributed by atoms with E-state index in [-0.39, 0.29) is 16.8 Å². The third kappa shape index (κ3) is 2.79. The standard InChI is InChI=1S/C11H8BrN3O4/c12-7-3-13-10-5(15-7)1-2-6(16)9(10)11(19)14-4-8(17)18/h1-3,16H,4H2,(H,14,19)(H,17,18). The summed E-state index contributed by atoms with van der Waals surface area (Å²) in [5.74, 6) is -2.18. The molecule has 2 aromatic rings. The minimum atomic E-state index is -1.18. The Morgan fingerprint density at radius 2 is 2.11 bits per heavy atom. The highest BCUT2D eigenvalue weighted by atomic mass is 79.9. The quantitative estimate of drug-likeness (QED) is 0.773. The number of halogens is 1. The summed E-state index contributed by atoms with van der Waals surface area (Å²) in [6.45, 7) is -0.543. The summed E-state index contributed by atoms with van der Waals surface area (Å²) in [6.07, 6.45) is 1.38. The van der Waals surface area contributed by atoms with Crippen LogP contribution in [0.1, 0.15) is 10.4 Å². The van der Waals surface area contributed by atoms with Gasteiger partial charge in [0.05, 0.1) is 11.7 Å². The number of nitrogens with zero attached hydrogens (tertiary/aromatic N) is 2. The molecule has 8 heteroatoms. The largest absolute Gasteiger partial charge is 0.507 e. The Balaban J connectivity index is 2.49. The number of phenolic OH excluding ortho intramolecular Hbond substituents is 1. The summed E-state index contributed by atoms with van der Waals surface area (Å²) < 4.78 is 0.489. The average Bonchev–Trinajstić information content (AvgIpc) is 2.36. The number of carbonyl (C=O) groups excluding carboxylic acids is 1. The SMILES string of the molecule is O=C(O)CNC(=O)c1c(O)ccc2nc(Br)cnc12. The van der Waals surface area contributed by atoms with Crippen LogP contribution in [0.15, 0.2) is 22.9 Å². The van der Waals surface area contributed by atoms with Crippen molar-refractivity contribution in [1.29, 1.82) is 0 Å². The van der Waals surface area contributed by atoms with Crippen LogP contribution >= 0.6 is 15.9 Å². The van der Waals surface area contributed by atoms with Crippen LogP contribution in [0.5, 0.6) is 5.75 Å². The van der Waals surface area contributed by atoms with Crippen LogP contribution in [-0.2, 0) is 4.79 Å². The maximum Gasteiger partial charge on any atom is 0.322 e. The fourth-order valence-electron chi connectivity index (χ4n) is 1.52. The molecule has 0 aliphatic carbocycles. The smallest absolute Gasteiger partial charge is 0.322 e. The molecule has 0 atom stereocenters. The first-order valence-corrected chi connectivity index (χ1v) is 5.92. The second-order valence-corrected chi connectivity index (χ2v) is 4.41. The van der Waals surface area contributed by atoms with Gasteiger partial charge in [-0.15, -0.1) is 0 Å². The number of carboxylic acid groups (broad SMARTS) is 1. The molecule has 2 rings (SSSR count). The first-order valence-electron chi connectivity index (χ1n) is 5.13. The zero-order valence-corrected chi connectivity index (χ0v) is 11.0. The van der Waals surface area contributed by atoms with Crippen LogP contribution in [0.2, 0.25) is 0 Å². The molecular formula is C11H8BrN3O4. The summed E-state index contributed by atoms with van der Waals surface area (Å²) in [5, 5.41) is 20.4. The highest BCUT2D eigenvalue weighted by molar-refractivity contribution is 9.10. The molecule has 1 heterocycles. The molecule has 0 bridgehead atoms. The molecule has 1 aromatic carbocycles. The highest BCUT2D eigenvalue weighted by Gasteiger charge is 2.17. The molecule has 0 spiro atoms. The number of hydrogen-bond donors (Lipinski definition) is 3. The van der Waals surface area contributed by atoms with E-state index in [4.69, 9.17) is 5.11 Å². The van der Waals surface area contributed by atoms with Crippen molar-refractivity contribution >= 4 is 38.8 Å². The summed E-state index contributed by atoms with van der Waals surface area (Å²) in [4.78, 5) is 30.4. The summed E-state index contributed by atoms with van der Waals surface area (Å²) >= 11 is 3.15. The fourth-order valence-corrected chi connectivity index (χ4v) is 1.81. The predicted molar refractivity (Wildman–Crippen MR) is 68.9 cm³/mol. The second kappa shape index (κ2) is 5.19. The Labute approximate surface area is 115 Å². The molecule has 98 valence electrons. The van der Waals surface area contributed by atoms with Crippen LogP contribution in [0.3, 0.4) is 0 Å². The highest BCUT2D eigenvalue weighted by Crippen LogP contribution is 2.25. The molecule has 0 fully saturated rings. The van der Waals surface area contributed by atoms with Crippen LogP contribution in [0.4, 0.5) is 0 Å². The van der Waals surface area contributed by atoms with E-state index >= 15 is 0 Å². The zero-order valence-electron chi connectivity index (χ0n) is 9.42.